The van der Waals surface area contributed by atoms with Crippen LogP contribution in [0.3, 0.4) is 0 Å². The fraction of sp³-hybridized carbons (Fsp3) is 0.720. The number of carbonyl (C=O) groups excluding carboxylic acids is 3. The van der Waals surface area contributed by atoms with Gasteiger partial charge in [0.05, 0.1) is 17.4 Å². The molecule has 1 N–H and O–H groups in total. The summed E-state index contributed by atoms with van der Waals surface area (Å²) in [5.74, 6) is -1.88. The van der Waals surface area contributed by atoms with Crippen LogP contribution in [0.5, 0.6) is 0 Å². The van der Waals surface area contributed by atoms with Gasteiger partial charge >= 0.3 is 0 Å². The van der Waals surface area contributed by atoms with Crippen molar-refractivity contribution < 1.29 is 24.2 Å². The maximum Gasteiger partial charge on any atom is 0.249 e. The molecular formula is C25H37N3O5. The molecule has 0 saturated carbocycles. The predicted molar refractivity (Wildman–Crippen MR) is 123 cm³/mol. The number of hydrogen-bond acceptors (Lipinski definition) is 5. The predicted octanol–water partition coefficient (Wildman–Crippen LogP) is 1.35. The number of likely N-dealkylation sites (tertiary alicyclic amines) is 1. The number of amides is 3. The highest BCUT2D eigenvalue weighted by Gasteiger charge is 2.74. The molecule has 0 aromatic heterocycles. The smallest absolute Gasteiger partial charge is 0.249 e. The van der Waals surface area contributed by atoms with Gasteiger partial charge in [-0.25, -0.2) is 0 Å². The zero-order valence-corrected chi connectivity index (χ0v) is 20.0. The van der Waals surface area contributed by atoms with Crippen molar-refractivity contribution in [3.63, 3.8) is 0 Å². The van der Waals surface area contributed by atoms with Crippen molar-refractivity contribution in [1.82, 2.24) is 14.7 Å². The van der Waals surface area contributed by atoms with Crippen molar-refractivity contribution >= 4 is 17.7 Å². The molecule has 2 saturated heterocycles. The number of ether oxygens (including phenoxy) is 1. The number of unbranched alkanes of at least 4 members (excludes halogenated alkanes) is 3. The molecule has 8 heteroatoms. The number of carbonyl (C=O) groups is 3. The largest absolute Gasteiger partial charge is 0.396 e. The van der Waals surface area contributed by atoms with Crippen molar-refractivity contribution in [3.05, 3.63) is 24.3 Å². The Morgan fingerprint density at radius 1 is 0.970 bits per heavy atom. The van der Waals surface area contributed by atoms with Crippen LogP contribution in [-0.2, 0) is 19.1 Å². The van der Waals surface area contributed by atoms with Gasteiger partial charge < -0.3 is 24.5 Å². The van der Waals surface area contributed by atoms with Crippen LogP contribution in [0, 0.1) is 11.8 Å². The summed E-state index contributed by atoms with van der Waals surface area (Å²) in [5, 5.41) is 9.27. The molecule has 8 nitrogen and oxygen atoms in total. The van der Waals surface area contributed by atoms with Crippen LogP contribution >= 0.6 is 0 Å². The average molecular weight is 460 g/mol. The average Bonchev–Trinajstić information content (AvgIpc) is 3.05. The van der Waals surface area contributed by atoms with Crippen molar-refractivity contribution in [2.75, 3.05) is 39.8 Å². The molecular weight excluding hydrogens is 422 g/mol. The van der Waals surface area contributed by atoms with Gasteiger partial charge in [0, 0.05) is 39.8 Å². The van der Waals surface area contributed by atoms with Crippen molar-refractivity contribution in [1.29, 1.82) is 0 Å². The van der Waals surface area contributed by atoms with Crippen LogP contribution < -0.4 is 0 Å². The van der Waals surface area contributed by atoms with Gasteiger partial charge in [-0.3, -0.25) is 14.4 Å². The first-order chi connectivity index (χ1) is 15.8. The van der Waals surface area contributed by atoms with E-state index in [-0.39, 0.29) is 24.3 Å². The normalized spacial score (nSPS) is 35.6. The molecule has 1 unspecified atom stereocenters. The van der Waals surface area contributed by atoms with Gasteiger partial charge in [-0.15, -0.1) is 0 Å². The Hall–Kier alpha value is -2.19. The maximum atomic E-state index is 13.9. The standard InChI is InChI=1S/C25H37N3O5/c1-4-5-6-14-27-15-10-12-25-19(18-21(30)26(3)13-9-11-24(18,2)33-25)22(31)28(16-7-8-17-29)20(25)23(27)32/h9-12,18-20,29H,4-8,13-17H2,1-3H3/t18-,19+,20?,24+,25+/m1/s1. The number of aliphatic hydroxyl groups excluding tert-OH is 1. The fourth-order valence-electron chi connectivity index (χ4n) is 6.08. The molecule has 0 radical (unpaired) electrons. The zero-order valence-electron chi connectivity index (χ0n) is 20.0. The summed E-state index contributed by atoms with van der Waals surface area (Å²) in [7, 11) is 1.74. The Bertz CT molecular complexity index is 857. The molecule has 182 valence electrons. The summed E-state index contributed by atoms with van der Waals surface area (Å²) in [6.45, 7) is 5.95. The molecule has 1 spiro atoms. The number of rotatable bonds is 8. The van der Waals surface area contributed by atoms with Crippen LogP contribution in [0.25, 0.3) is 0 Å². The zero-order chi connectivity index (χ0) is 23.8. The summed E-state index contributed by atoms with van der Waals surface area (Å²) in [4.78, 5) is 46.4. The quantitative estimate of drug-likeness (QED) is 0.437. The van der Waals surface area contributed by atoms with E-state index in [1.165, 1.54) is 0 Å². The Morgan fingerprint density at radius 2 is 1.70 bits per heavy atom. The third-order valence-corrected chi connectivity index (χ3v) is 7.68. The Morgan fingerprint density at radius 3 is 2.42 bits per heavy atom. The third kappa shape index (κ3) is 3.81. The lowest BCUT2D eigenvalue weighted by molar-refractivity contribution is -0.152. The van der Waals surface area contributed by atoms with Crippen LogP contribution in [0.15, 0.2) is 24.3 Å². The van der Waals surface area contributed by atoms with E-state index in [2.05, 4.69) is 6.92 Å². The first-order valence-electron chi connectivity index (χ1n) is 12.3. The molecule has 3 amide bonds. The van der Waals surface area contributed by atoms with E-state index < -0.39 is 29.1 Å². The SMILES string of the molecule is CCCCCN1CC=C[C@]23O[C@@]4(C)C=CCN(C)C(=O)[C@H]4[C@H]2C(=O)N(CCCCO)C3C1=O. The summed E-state index contributed by atoms with van der Waals surface area (Å²) >= 11 is 0. The van der Waals surface area contributed by atoms with Crippen LogP contribution in [0.2, 0.25) is 0 Å². The molecule has 2 fully saturated rings. The van der Waals surface area contributed by atoms with Gasteiger partial charge in [0.1, 0.15) is 11.6 Å². The number of fused-ring (bicyclic) bond motifs is 2. The van der Waals surface area contributed by atoms with Crippen molar-refractivity contribution in [2.24, 2.45) is 11.8 Å². The third-order valence-electron chi connectivity index (χ3n) is 7.68. The second kappa shape index (κ2) is 9.22. The van der Waals surface area contributed by atoms with E-state index in [0.717, 1.165) is 19.3 Å². The highest BCUT2D eigenvalue weighted by Crippen LogP contribution is 2.57. The van der Waals surface area contributed by atoms with Gasteiger partial charge in [-0.05, 0) is 26.2 Å². The lowest BCUT2D eigenvalue weighted by Crippen LogP contribution is -2.56. The second-order valence-corrected chi connectivity index (χ2v) is 9.97. The molecule has 4 aliphatic rings. The fourth-order valence-corrected chi connectivity index (χ4v) is 6.08. The molecule has 33 heavy (non-hydrogen) atoms. The molecule has 0 bridgehead atoms. The van der Waals surface area contributed by atoms with Gasteiger partial charge in [-0.1, -0.05) is 44.1 Å². The number of likely N-dealkylation sites (N-methyl/N-ethyl adjacent to an activating group) is 1. The Balaban J connectivity index is 1.76. The van der Waals surface area contributed by atoms with Crippen LogP contribution in [0.1, 0.15) is 46.0 Å². The van der Waals surface area contributed by atoms with Gasteiger partial charge in [0.25, 0.3) is 0 Å². The molecule has 0 aromatic rings. The van der Waals surface area contributed by atoms with Gasteiger partial charge in [0.15, 0.2) is 0 Å². The number of aliphatic hydroxyl groups is 1. The van der Waals surface area contributed by atoms with Crippen LogP contribution in [0.4, 0.5) is 0 Å². The highest BCUT2D eigenvalue weighted by atomic mass is 16.5. The number of nitrogens with zero attached hydrogens (tertiary/aromatic N) is 3. The lowest BCUT2D eigenvalue weighted by atomic mass is 9.74. The monoisotopic (exact) mass is 459 g/mol. The summed E-state index contributed by atoms with van der Waals surface area (Å²) in [6, 6.07) is -0.802. The van der Waals surface area contributed by atoms with E-state index >= 15 is 0 Å². The number of hydrogen-bond donors (Lipinski definition) is 1. The minimum atomic E-state index is -1.18. The Labute approximate surface area is 196 Å². The highest BCUT2D eigenvalue weighted by molar-refractivity contribution is 6.00. The van der Waals surface area contributed by atoms with Crippen LogP contribution in [-0.4, -0.2) is 94.6 Å². The van der Waals surface area contributed by atoms with E-state index in [4.69, 9.17) is 4.74 Å². The molecule has 4 heterocycles. The summed E-state index contributed by atoms with van der Waals surface area (Å²) in [6.07, 6.45) is 11.8. The summed E-state index contributed by atoms with van der Waals surface area (Å²) < 4.78 is 6.72. The van der Waals surface area contributed by atoms with Gasteiger partial charge in [-0.2, -0.15) is 0 Å². The minimum Gasteiger partial charge on any atom is -0.396 e. The minimum absolute atomic E-state index is 0.0313. The first-order valence-corrected chi connectivity index (χ1v) is 12.3. The van der Waals surface area contributed by atoms with E-state index in [9.17, 15) is 19.5 Å². The molecule has 0 aromatic carbocycles. The lowest BCUT2D eigenvalue weighted by Gasteiger charge is -2.37. The molecule has 4 aliphatic heterocycles. The van der Waals surface area contributed by atoms with Crippen molar-refractivity contribution in [3.8, 4) is 0 Å². The maximum absolute atomic E-state index is 13.9. The van der Waals surface area contributed by atoms with E-state index in [0.29, 0.717) is 39.0 Å². The van der Waals surface area contributed by atoms with E-state index in [1.54, 1.807) is 16.8 Å². The molecule has 4 rings (SSSR count). The van der Waals surface area contributed by atoms with E-state index in [1.807, 2.05) is 36.1 Å². The molecule has 5 atom stereocenters. The van der Waals surface area contributed by atoms with Gasteiger partial charge in [0.2, 0.25) is 17.7 Å². The first kappa shape index (κ1) is 24.0. The topological polar surface area (TPSA) is 90.4 Å². The van der Waals surface area contributed by atoms with Crippen molar-refractivity contribution in [2.45, 2.75) is 63.2 Å². The Kier molecular flexibility index (Phi) is 6.69. The summed E-state index contributed by atoms with van der Waals surface area (Å²) in [5.41, 5.74) is -2.13. The molecule has 0 aliphatic carbocycles. The second-order valence-electron chi connectivity index (χ2n) is 9.97.